The number of carboxylic acid groups (broad SMARTS) is 2. The molecule has 3 heterocycles. The van der Waals surface area contributed by atoms with Crippen LogP contribution in [0.3, 0.4) is 0 Å². The molecule has 3 aromatic heterocycles. The summed E-state index contributed by atoms with van der Waals surface area (Å²) in [6.07, 6.45) is -7.60. The third kappa shape index (κ3) is 28.8. The van der Waals surface area contributed by atoms with E-state index in [1.54, 1.807) is 65.6 Å². The summed E-state index contributed by atoms with van der Waals surface area (Å²) in [4.78, 5) is 79.4. The van der Waals surface area contributed by atoms with Crippen molar-refractivity contribution in [1.29, 1.82) is 0 Å². The van der Waals surface area contributed by atoms with Gasteiger partial charge in [0.25, 0.3) is 17.7 Å². The van der Waals surface area contributed by atoms with Gasteiger partial charge in [0, 0.05) is 107 Å². The van der Waals surface area contributed by atoms with Crippen LogP contribution in [0.15, 0.2) is 315 Å². The molecule has 14 rings (SSSR count). The molecule has 0 bridgehead atoms. The number of aliphatic carboxylic acids is 2. The Morgan fingerprint density at radius 1 is 0.307 bits per heavy atom. The minimum absolute atomic E-state index is 0. The Kier molecular flexibility index (Phi) is 40.5. The van der Waals surface area contributed by atoms with Crippen molar-refractivity contribution < 1.29 is 112 Å². The summed E-state index contributed by atoms with van der Waals surface area (Å²) in [6.45, 7) is 12.8. The van der Waals surface area contributed by atoms with Gasteiger partial charge >= 0.3 is 67.3 Å². The molecule has 0 fully saturated rings. The molecule has 21 nitrogen and oxygen atoms in total. The molecular weight excluding hydrogens is 1780 g/mol. The first-order valence-electron chi connectivity index (χ1n) is 45.2. The maximum atomic E-state index is 14.3. The molecule has 11 aromatic carbocycles. The number of hydrogen-bond acceptors (Lipinski definition) is 14. The normalized spacial score (nSPS) is 12.4. The van der Waals surface area contributed by atoms with E-state index in [-0.39, 0.29) is 173 Å². The van der Waals surface area contributed by atoms with Crippen LogP contribution in [0.5, 0.6) is 0 Å². The molecule has 4 amide bonds. The third-order valence-corrected chi connectivity index (χ3v) is 23.1. The molecule has 14 aromatic rings. The van der Waals surface area contributed by atoms with Gasteiger partial charge in [-0.05, 0) is 223 Å². The van der Waals surface area contributed by atoms with Gasteiger partial charge < -0.3 is 80.1 Å². The molecular formula is C111H112CaF3N7NaO14+. The Hall–Kier alpha value is -12.1. The van der Waals surface area contributed by atoms with E-state index in [0.717, 1.165) is 39.5 Å². The van der Waals surface area contributed by atoms with E-state index in [9.17, 15) is 82.8 Å². The van der Waals surface area contributed by atoms with Crippen LogP contribution in [0.25, 0.3) is 67.2 Å². The van der Waals surface area contributed by atoms with Crippen molar-refractivity contribution in [2.24, 2.45) is 0 Å². The van der Waals surface area contributed by atoms with Crippen molar-refractivity contribution in [2.75, 3.05) is 20.9 Å². The number of aliphatic hydroxyl groups is 6. The van der Waals surface area contributed by atoms with E-state index < -0.39 is 73.0 Å². The minimum atomic E-state index is -1.39. The standard InChI is InChI=1S/C45H44FN3O4.2C33H35FN2O5.Ca.Na/c1-31(2)43-42(45(53)47-35-17-9-4-10-18-35)41(32-15-7-3-8-16-32)44(33-23-25-34(46)26-24-33)48(43)28-27-38(50)29-39(51)30-40(52)49(36-19-11-5-12-20-36)37-21-13-6-14-22-37;2*1-21(2)31-30(33(41)35-25-11-7-4-8-12-25)29(22-9-5-3-6-10-22)32(23-13-15-24(34)16-14-23)36(31)18-17-26(37)19-27(38)20-28(39)40;;/h3-26,31,38-39,50-51H,27-30H2,1-2H3,(H,47,53);2*3-16,21,26-27,37-38H,17-20H2,1-2H3,(H,35,41)(H,39,40);;/q;;;+2;+1/p-2/t38-,39-;2*26-,27-;;/m111../s1. The second-order valence-corrected chi connectivity index (χ2v) is 34.2. The van der Waals surface area contributed by atoms with Crippen LogP contribution >= 0.6 is 0 Å². The van der Waals surface area contributed by atoms with Crippen molar-refractivity contribution in [3.8, 4) is 67.2 Å². The van der Waals surface area contributed by atoms with Crippen LogP contribution in [0.2, 0.25) is 0 Å². The summed E-state index contributed by atoms with van der Waals surface area (Å²) in [6, 6.07) is 93.0. The number of rotatable bonds is 38. The molecule has 9 N–H and O–H groups in total. The van der Waals surface area contributed by atoms with E-state index in [0.29, 0.717) is 96.4 Å². The molecule has 698 valence electrons. The number of carboxylic acids is 2. The Bertz CT molecular complexity index is 5980. The molecule has 0 saturated carbocycles. The van der Waals surface area contributed by atoms with E-state index in [1.165, 1.54) is 36.4 Å². The van der Waals surface area contributed by atoms with E-state index in [2.05, 4.69) is 16.0 Å². The Morgan fingerprint density at radius 2 is 0.526 bits per heavy atom. The molecule has 0 aliphatic rings. The van der Waals surface area contributed by atoms with Crippen molar-refractivity contribution in [1.82, 2.24) is 13.7 Å². The summed E-state index contributed by atoms with van der Waals surface area (Å²) >= 11 is 0. The quantitative estimate of drug-likeness (QED) is 0.0163. The number of aliphatic hydroxyl groups excluding tert-OH is 6. The Balaban J connectivity index is 0.000000213. The fourth-order valence-corrected chi connectivity index (χ4v) is 17.3. The largest absolute Gasteiger partial charge is 2.00 e. The van der Waals surface area contributed by atoms with Gasteiger partial charge in [-0.25, -0.2) is 13.2 Å². The van der Waals surface area contributed by atoms with E-state index in [4.69, 9.17) is 0 Å². The fourth-order valence-electron chi connectivity index (χ4n) is 17.3. The number of amides is 4. The number of hydrogen-bond donors (Lipinski definition) is 9. The first-order chi connectivity index (χ1) is 65.0. The van der Waals surface area contributed by atoms with Crippen molar-refractivity contribution in [3.05, 3.63) is 367 Å². The summed E-state index contributed by atoms with van der Waals surface area (Å²) in [5, 5.41) is 94.8. The smallest absolute Gasteiger partial charge is 0.550 e. The van der Waals surface area contributed by atoms with Crippen LogP contribution in [0, 0.1) is 17.5 Å². The van der Waals surface area contributed by atoms with Crippen LogP contribution in [-0.4, -0.2) is 154 Å². The van der Waals surface area contributed by atoms with Crippen LogP contribution in [0.1, 0.15) is 165 Å². The summed E-state index contributed by atoms with van der Waals surface area (Å²) in [5.74, 6) is -5.49. The molecule has 0 aliphatic carbocycles. The zero-order chi connectivity index (χ0) is 96.4. The van der Waals surface area contributed by atoms with Crippen molar-refractivity contribution in [3.63, 3.8) is 0 Å². The first-order valence-corrected chi connectivity index (χ1v) is 45.2. The number of nitrogens with zero attached hydrogens (tertiary/aromatic N) is 4. The van der Waals surface area contributed by atoms with E-state index >= 15 is 0 Å². The average molecular weight is 1890 g/mol. The number of para-hydroxylation sites is 5. The van der Waals surface area contributed by atoms with Gasteiger partial charge in [-0.3, -0.25) is 24.1 Å². The van der Waals surface area contributed by atoms with Crippen LogP contribution in [0.4, 0.5) is 41.6 Å². The van der Waals surface area contributed by atoms with Crippen LogP contribution < -0.4 is 60.6 Å². The Morgan fingerprint density at radius 3 is 0.752 bits per heavy atom. The van der Waals surface area contributed by atoms with Gasteiger partial charge in [0.05, 0.1) is 76.8 Å². The predicted octanol–water partition coefficient (Wildman–Crippen LogP) is 16.2. The van der Waals surface area contributed by atoms with E-state index in [1.807, 2.05) is 274 Å². The number of anilines is 5. The topological polar surface area (TPSA) is 324 Å². The molecule has 0 aliphatic heterocycles. The molecule has 26 heteroatoms. The summed E-state index contributed by atoms with van der Waals surface area (Å²) in [5.41, 5.74) is 15.7. The Labute approximate surface area is 848 Å². The zero-order valence-electron chi connectivity index (χ0n) is 77.8. The molecule has 6 atom stereocenters. The zero-order valence-corrected chi connectivity index (χ0v) is 82.0. The first kappa shape index (κ1) is 107. The fraction of sp³-hybridized carbons (Fsp3) is 0.243. The number of carbonyl (C=O) groups excluding carboxylic acids is 6. The number of carbonyl (C=O) groups is 6. The van der Waals surface area contributed by atoms with Gasteiger partial charge in [0.2, 0.25) is 5.91 Å². The minimum Gasteiger partial charge on any atom is -0.550 e. The molecule has 0 unspecified atom stereocenters. The summed E-state index contributed by atoms with van der Waals surface area (Å²) in [7, 11) is 0. The second-order valence-electron chi connectivity index (χ2n) is 34.2. The molecule has 0 radical (unpaired) electrons. The second kappa shape index (κ2) is 51.9. The maximum absolute atomic E-state index is 14.3. The number of halogens is 3. The molecule has 0 saturated heterocycles. The summed E-state index contributed by atoms with van der Waals surface area (Å²) < 4.78 is 48.3. The monoisotopic (exact) mass is 1890 g/mol. The molecule has 0 spiro atoms. The third-order valence-electron chi connectivity index (χ3n) is 23.1. The SMILES string of the molecule is CC(C)c1c(C(=O)Nc2ccccc2)c(-c2ccccc2)c(-c2ccc(F)cc2)n1CC[C@@H](O)C[C@@H](O)CC(=O)N(c1ccccc1)c1ccccc1.CC(C)c1c(C(=O)Nc2ccccc2)c(-c2ccccc2)c(-c2ccc(F)cc2)n1CC[C@@H](O)C[C@@H](O)CC(=O)[O-].CC(C)c1c(C(=O)Nc2ccccc2)c(-c2ccccc2)c(-c2ccc(F)cc2)n1CC[C@@H](O)C[C@@H](O)CC(=O)[O-].[Ca+2].[Na+]. The van der Waals surface area contributed by atoms with Crippen LogP contribution in [-0.2, 0) is 34.0 Å². The molecule has 137 heavy (non-hydrogen) atoms. The number of benzene rings is 11. The maximum Gasteiger partial charge on any atom is 2.00 e. The average Bonchev–Trinajstić information content (AvgIpc) is 1.60. The van der Waals surface area contributed by atoms with Crippen molar-refractivity contribution >= 4 is 102 Å². The van der Waals surface area contributed by atoms with Gasteiger partial charge in [-0.1, -0.05) is 224 Å². The number of aromatic nitrogens is 3. The van der Waals surface area contributed by atoms with Gasteiger partial charge in [-0.2, -0.15) is 0 Å². The van der Waals surface area contributed by atoms with Gasteiger partial charge in [-0.15, -0.1) is 0 Å². The van der Waals surface area contributed by atoms with Crippen molar-refractivity contribution in [2.45, 2.75) is 173 Å². The van der Waals surface area contributed by atoms with Gasteiger partial charge in [0.1, 0.15) is 17.5 Å². The van der Waals surface area contributed by atoms with Gasteiger partial charge in [0.15, 0.2) is 0 Å². The predicted molar refractivity (Wildman–Crippen MR) is 525 cm³/mol. The number of nitrogens with one attached hydrogen (secondary N) is 3.